The molecule has 0 rings (SSSR count). The highest BCUT2D eigenvalue weighted by Crippen LogP contribution is 2.05. The lowest BCUT2D eigenvalue weighted by Crippen LogP contribution is -2.46. The topological polar surface area (TPSA) is 69.6 Å². The van der Waals surface area contributed by atoms with Crippen molar-refractivity contribution in [1.82, 2.24) is 5.32 Å². The number of carbonyl (C=O) groups is 1. The summed E-state index contributed by atoms with van der Waals surface area (Å²) in [5, 5.41) is 20.4. The van der Waals surface area contributed by atoms with Crippen LogP contribution in [0.15, 0.2) is 0 Å². The maximum atomic E-state index is 10.5. The van der Waals surface area contributed by atoms with Gasteiger partial charge in [0.1, 0.15) is 6.04 Å². The average molecular weight is 161 g/mol. The summed E-state index contributed by atoms with van der Waals surface area (Å²) in [4.78, 5) is 10.5. The minimum absolute atomic E-state index is 0.0523. The highest BCUT2D eigenvalue weighted by Gasteiger charge is 2.26. The van der Waals surface area contributed by atoms with Gasteiger partial charge in [-0.3, -0.25) is 4.79 Å². The van der Waals surface area contributed by atoms with Crippen molar-refractivity contribution in [3.8, 4) is 0 Å². The quantitative estimate of drug-likeness (QED) is 0.528. The molecule has 0 radical (unpaired) electrons. The summed E-state index contributed by atoms with van der Waals surface area (Å²) >= 11 is 0. The fourth-order valence-corrected chi connectivity index (χ4v) is 0.825. The van der Waals surface area contributed by atoms with Gasteiger partial charge in [0.25, 0.3) is 0 Å². The van der Waals surface area contributed by atoms with Crippen molar-refractivity contribution in [3.63, 3.8) is 0 Å². The van der Waals surface area contributed by atoms with Gasteiger partial charge in [0.15, 0.2) is 0 Å². The molecule has 4 nitrogen and oxygen atoms in total. The number of carboxylic acid groups (broad SMARTS) is 1. The second kappa shape index (κ2) is 4.31. The summed E-state index contributed by atoms with van der Waals surface area (Å²) in [6.45, 7) is 3.55. The van der Waals surface area contributed by atoms with Crippen LogP contribution in [0.4, 0.5) is 0 Å². The molecule has 66 valence electrons. The maximum absolute atomic E-state index is 10.5. The molecule has 0 aromatic heterocycles. The van der Waals surface area contributed by atoms with E-state index in [2.05, 4.69) is 5.32 Å². The average Bonchev–Trinajstić information content (AvgIpc) is 1.88. The van der Waals surface area contributed by atoms with E-state index in [1.807, 2.05) is 0 Å². The third kappa shape index (κ3) is 2.86. The number of hydrogen-bond acceptors (Lipinski definition) is 3. The van der Waals surface area contributed by atoms with Crippen molar-refractivity contribution in [2.75, 3.05) is 7.05 Å². The molecule has 0 aromatic rings. The first-order valence-electron chi connectivity index (χ1n) is 3.58. The molecular weight excluding hydrogens is 146 g/mol. The van der Waals surface area contributed by atoms with Gasteiger partial charge in [0.2, 0.25) is 0 Å². The normalized spacial score (nSPS) is 16.5. The Hall–Kier alpha value is -0.610. The number of hydrogen-bond donors (Lipinski definition) is 3. The third-order valence-electron chi connectivity index (χ3n) is 1.60. The van der Waals surface area contributed by atoms with Crippen LogP contribution in [-0.2, 0) is 4.79 Å². The molecule has 2 atom stereocenters. The fraction of sp³-hybridized carbons (Fsp3) is 0.857. The lowest BCUT2D eigenvalue weighted by atomic mass is 10.0. The molecule has 0 aliphatic heterocycles. The van der Waals surface area contributed by atoms with E-state index < -0.39 is 18.1 Å². The Morgan fingerprint density at radius 3 is 2.00 bits per heavy atom. The number of rotatable bonds is 4. The molecule has 0 aromatic carbocycles. The van der Waals surface area contributed by atoms with Gasteiger partial charge >= 0.3 is 5.97 Å². The molecule has 0 aliphatic carbocycles. The molecule has 0 saturated heterocycles. The van der Waals surface area contributed by atoms with E-state index in [0.717, 1.165) is 0 Å². The van der Waals surface area contributed by atoms with Crippen LogP contribution in [0.2, 0.25) is 0 Å². The van der Waals surface area contributed by atoms with Gasteiger partial charge in [-0.25, -0.2) is 0 Å². The molecule has 0 unspecified atom stereocenters. The summed E-state index contributed by atoms with van der Waals surface area (Å²) < 4.78 is 0. The standard InChI is InChI=1S/C7H15NO3/c1-4(2)6(9)5(8-3)7(10)11/h4-6,8-9H,1-3H3,(H,10,11)/t5-,6+/m0/s1. The molecule has 0 bridgehead atoms. The van der Waals surface area contributed by atoms with Crippen LogP contribution in [0.1, 0.15) is 13.8 Å². The Bertz CT molecular complexity index is 136. The monoisotopic (exact) mass is 161 g/mol. The van der Waals surface area contributed by atoms with Crippen molar-refractivity contribution < 1.29 is 15.0 Å². The number of carboxylic acids is 1. The molecule has 0 fully saturated rings. The van der Waals surface area contributed by atoms with Gasteiger partial charge in [-0.15, -0.1) is 0 Å². The zero-order valence-corrected chi connectivity index (χ0v) is 7.03. The van der Waals surface area contributed by atoms with Gasteiger partial charge in [-0.2, -0.15) is 0 Å². The zero-order valence-electron chi connectivity index (χ0n) is 7.03. The van der Waals surface area contributed by atoms with E-state index in [0.29, 0.717) is 0 Å². The summed E-state index contributed by atoms with van der Waals surface area (Å²) in [5.74, 6) is -1.07. The van der Waals surface area contributed by atoms with E-state index in [-0.39, 0.29) is 5.92 Å². The van der Waals surface area contributed by atoms with Gasteiger partial charge in [0.05, 0.1) is 6.10 Å². The fourth-order valence-electron chi connectivity index (χ4n) is 0.825. The smallest absolute Gasteiger partial charge is 0.323 e. The molecule has 11 heavy (non-hydrogen) atoms. The highest BCUT2D eigenvalue weighted by atomic mass is 16.4. The van der Waals surface area contributed by atoms with E-state index in [1.54, 1.807) is 13.8 Å². The number of aliphatic carboxylic acids is 1. The molecule has 3 N–H and O–H groups in total. The van der Waals surface area contributed by atoms with Crippen LogP contribution in [0.25, 0.3) is 0 Å². The number of aliphatic hydroxyl groups excluding tert-OH is 1. The number of nitrogens with one attached hydrogen (secondary N) is 1. The molecule has 0 amide bonds. The van der Waals surface area contributed by atoms with Gasteiger partial charge in [0, 0.05) is 0 Å². The number of likely N-dealkylation sites (N-methyl/N-ethyl adjacent to an activating group) is 1. The van der Waals surface area contributed by atoms with Crippen LogP contribution >= 0.6 is 0 Å². The van der Waals surface area contributed by atoms with E-state index in [4.69, 9.17) is 5.11 Å². The van der Waals surface area contributed by atoms with Crippen LogP contribution in [0.5, 0.6) is 0 Å². The first kappa shape index (κ1) is 10.4. The van der Waals surface area contributed by atoms with Gasteiger partial charge < -0.3 is 15.5 Å². The minimum atomic E-state index is -1.02. The van der Waals surface area contributed by atoms with Crippen LogP contribution < -0.4 is 5.32 Å². The third-order valence-corrected chi connectivity index (χ3v) is 1.60. The molecule has 0 spiro atoms. The summed E-state index contributed by atoms with van der Waals surface area (Å²) in [6.07, 6.45) is -0.836. The molecule has 4 heteroatoms. The Morgan fingerprint density at radius 1 is 1.45 bits per heavy atom. The largest absolute Gasteiger partial charge is 0.480 e. The van der Waals surface area contributed by atoms with Crippen molar-refractivity contribution in [1.29, 1.82) is 0 Å². The predicted octanol–water partition coefficient (Wildman–Crippen LogP) is -0.324. The minimum Gasteiger partial charge on any atom is -0.480 e. The lowest BCUT2D eigenvalue weighted by Gasteiger charge is -2.21. The Labute approximate surface area is 66.2 Å². The summed E-state index contributed by atoms with van der Waals surface area (Å²) in [6, 6.07) is -0.866. The Kier molecular flexibility index (Phi) is 4.07. The first-order valence-corrected chi connectivity index (χ1v) is 3.58. The summed E-state index contributed by atoms with van der Waals surface area (Å²) in [5.41, 5.74) is 0. The second-order valence-corrected chi connectivity index (χ2v) is 2.84. The highest BCUT2D eigenvalue weighted by molar-refractivity contribution is 5.74. The van der Waals surface area contributed by atoms with Crippen molar-refractivity contribution in [3.05, 3.63) is 0 Å². The van der Waals surface area contributed by atoms with Crippen LogP contribution in [0, 0.1) is 5.92 Å². The SMILES string of the molecule is CN[C@H](C(=O)O)[C@H](O)C(C)C. The zero-order chi connectivity index (χ0) is 9.02. The van der Waals surface area contributed by atoms with Crippen LogP contribution in [-0.4, -0.2) is 35.4 Å². The van der Waals surface area contributed by atoms with Gasteiger partial charge in [-0.1, -0.05) is 13.8 Å². The predicted molar refractivity (Wildman–Crippen MR) is 41.3 cm³/mol. The van der Waals surface area contributed by atoms with Gasteiger partial charge in [-0.05, 0) is 13.0 Å². The molecule has 0 aliphatic rings. The lowest BCUT2D eigenvalue weighted by molar-refractivity contribution is -0.143. The first-order chi connectivity index (χ1) is 5.00. The number of aliphatic hydroxyl groups is 1. The maximum Gasteiger partial charge on any atom is 0.323 e. The second-order valence-electron chi connectivity index (χ2n) is 2.84. The van der Waals surface area contributed by atoms with E-state index in [1.165, 1.54) is 7.05 Å². The van der Waals surface area contributed by atoms with Crippen molar-refractivity contribution in [2.45, 2.75) is 26.0 Å². The molecule has 0 saturated carbocycles. The van der Waals surface area contributed by atoms with E-state index in [9.17, 15) is 9.90 Å². The molecule has 0 heterocycles. The Morgan fingerprint density at radius 2 is 1.91 bits per heavy atom. The summed E-state index contributed by atoms with van der Waals surface area (Å²) in [7, 11) is 1.52. The van der Waals surface area contributed by atoms with Crippen LogP contribution in [0.3, 0.4) is 0 Å². The molecular formula is C7H15NO3. The van der Waals surface area contributed by atoms with Crippen molar-refractivity contribution in [2.24, 2.45) is 5.92 Å². The Balaban J connectivity index is 4.14. The van der Waals surface area contributed by atoms with E-state index >= 15 is 0 Å². The van der Waals surface area contributed by atoms with Crippen molar-refractivity contribution >= 4 is 5.97 Å².